The van der Waals surface area contributed by atoms with Crippen molar-refractivity contribution < 1.29 is 0 Å². The first kappa shape index (κ1) is 12.7. The van der Waals surface area contributed by atoms with E-state index in [0.29, 0.717) is 12.2 Å². The van der Waals surface area contributed by atoms with E-state index >= 15 is 0 Å². The van der Waals surface area contributed by atoms with Crippen molar-refractivity contribution in [1.29, 1.82) is 0 Å². The summed E-state index contributed by atoms with van der Waals surface area (Å²) in [5.41, 5.74) is 3.93. The normalized spacial score (nSPS) is 12.7. The highest BCUT2D eigenvalue weighted by Gasteiger charge is 2.14. The Morgan fingerprint density at radius 2 is 2.00 bits per heavy atom. The second-order valence-electron chi connectivity index (χ2n) is 4.73. The first-order valence-electron chi connectivity index (χ1n) is 6.44. The van der Waals surface area contributed by atoms with Crippen molar-refractivity contribution in [2.75, 3.05) is 0 Å². The van der Waals surface area contributed by atoms with Gasteiger partial charge < -0.3 is 0 Å². The maximum Gasteiger partial charge on any atom is 0.176 e. The highest BCUT2D eigenvalue weighted by molar-refractivity contribution is 5.83. The van der Waals surface area contributed by atoms with Crippen LogP contribution in [0.2, 0.25) is 0 Å². The largest absolute Gasteiger partial charge is 0.271 e. The van der Waals surface area contributed by atoms with Crippen LogP contribution in [0.15, 0.2) is 42.5 Å². The van der Waals surface area contributed by atoms with Crippen molar-refractivity contribution in [3.8, 4) is 0 Å². The Morgan fingerprint density at radius 3 is 2.70 bits per heavy atom. The number of aryl methyl sites for hydroxylation is 1. The van der Waals surface area contributed by atoms with Gasteiger partial charge in [0.1, 0.15) is 0 Å². The van der Waals surface area contributed by atoms with Gasteiger partial charge in [-0.05, 0) is 27.6 Å². The Morgan fingerprint density at radius 1 is 1.20 bits per heavy atom. The van der Waals surface area contributed by atoms with Crippen molar-refractivity contribution in [3.63, 3.8) is 0 Å². The summed E-state index contributed by atoms with van der Waals surface area (Å²) in [6.07, 6.45) is 0.600. The summed E-state index contributed by atoms with van der Waals surface area (Å²) in [7, 11) is 1.75. The van der Waals surface area contributed by atoms with E-state index in [4.69, 9.17) is 5.84 Å². The summed E-state index contributed by atoms with van der Waals surface area (Å²) in [6, 6.07) is 14.5. The Labute approximate surface area is 116 Å². The fourth-order valence-electron chi connectivity index (χ4n) is 2.29. The van der Waals surface area contributed by atoms with Gasteiger partial charge in [-0.15, -0.1) is 10.2 Å². The van der Waals surface area contributed by atoms with Gasteiger partial charge in [-0.25, -0.2) is 0 Å². The van der Waals surface area contributed by atoms with Gasteiger partial charge in [-0.2, -0.15) is 4.80 Å². The molecule has 6 heteroatoms. The van der Waals surface area contributed by atoms with Crippen LogP contribution in [0.25, 0.3) is 10.8 Å². The zero-order valence-electron chi connectivity index (χ0n) is 11.2. The van der Waals surface area contributed by atoms with E-state index in [0.717, 1.165) is 5.56 Å². The molecule has 0 amide bonds. The van der Waals surface area contributed by atoms with Crippen molar-refractivity contribution in [2.45, 2.75) is 12.5 Å². The third-order valence-electron chi connectivity index (χ3n) is 3.31. The lowest BCUT2D eigenvalue weighted by Gasteiger charge is -2.15. The van der Waals surface area contributed by atoms with E-state index in [9.17, 15) is 0 Å². The van der Waals surface area contributed by atoms with Gasteiger partial charge in [-0.1, -0.05) is 36.4 Å². The Kier molecular flexibility index (Phi) is 3.41. The van der Waals surface area contributed by atoms with E-state index < -0.39 is 0 Å². The number of fused-ring (bicyclic) bond motifs is 1. The highest BCUT2D eigenvalue weighted by Crippen LogP contribution is 2.21. The average molecular weight is 268 g/mol. The lowest BCUT2D eigenvalue weighted by Crippen LogP contribution is -2.29. The maximum absolute atomic E-state index is 5.67. The van der Waals surface area contributed by atoms with Gasteiger partial charge in [-0.3, -0.25) is 11.3 Å². The van der Waals surface area contributed by atoms with Crippen LogP contribution in [0.3, 0.4) is 0 Å². The molecule has 3 aromatic rings. The number of hydrogen-bond donors (Lipinski definition) is 2. The predicted molar refractivity (Wildman–Crippen MR) is 76.5 cm³/mol. The van der Waals surface area contributed by atoms with Crippen LogP contribution >= 0.6 is 0 Å². The number of tetrazole rings is 1. The zero-order chi connectivity index (χ0) is 13.9. The summed E-state index contributed by atoms with van der Waals surface area (Å²) in [5, 5.41) is 14.4. The second kappa shape index (κ2) is 5.36. The number of nitrogens with two attached hydrogens (primary N) is 1. The number of hydrogen-bond acceptors (Lipinski definition) is 5. The number of aromatic nitrogens is 4. The van der Waals surface area contributed by atoms with E-state index in [1.54, 1.807) is 7.05 Å². The molecule has 102 valence electrons. The lowest BCUT2D eigenvalue weighted by molar-refractivity contribution is 0.536. The van der Waals surface area contributed by atoms with E-state index in [2.05, 4.69) is 51.2 Å². The number of hydrazine groups is 1. The zero-order valence-corrected chi connectivity index (χ0v) is 11.2. The number of rotatable bonds is 4. The van der Waals surface area contributed by atoms with Gasteiger partial charge in [0, 0.05) is 6.42 Å². The molecule has 0 saturated carbocycles. The van der Waals surface area contributed by atoms with Crippen molar-refractivity contribution >= 4 is 10.8 Å². The summed E-state index contributed by atoms with van der Waals surface area (Å²) < 4.78 is 0. The molecule has 0 aliphatic rings. The molecule has 0 bridgehead atoms. The molecule has 2 aromatic carbocycles. The molecule has 0 aliphatic carbocycles. The van der Waals surface area contributed by atoms with Crippen molar-refractivity contribution in [3.05, 3.63) is 53.9 Å². The third kappa shape index (κ3) is 2.52. The molecule has 1 atom stereocenters. The van der Waals surface area contributed by atoms with Crippen LogP contribution in [-0.4, -0.2) is 20.2 Å². The first-order valence-corrected chi connectivity index (χ1v) is 6.44. The monoisotopic (exact) mass is 268 g/mol. The number of benzene rings is 2. The van der Waals surface area contributed by atoms with Crippen LogP contribution in [0.1, 0.15) is 17.4 Å². The standard InChI is InChI=1S/C14H16N6/c1-20-18-14(17-19-20)9-13(16-15)12-7-6-10-4-2-3-5-11(10)8-12/h2-8,13,16H,9,15H2,1H3. The van der Waals surface area contributed by atoms with Gasteiger partial charge >= 0.3 is 0 Å². The SMILES string of the molecule is Cn1nnc(CC(NN)c2ccc3ccccc3c2)n1. The summed E-state index contributed by atoms with van der Waals surface area (Å²) in [6.45, 7) is 0. The average Bonchev–Trinajstić information content (AvgIpc) is 2.89. The molecule has 1 heterocycles. The Bertz CT molecular complexity index is 720. The fourth-order valence-corrected chi connectivity index (χ4v) is 2.29. The highest BCUT2D eigenvalue weighted by atomic mass is 15.6. The molecule has 3 rings (SSSR count). The molecule has 0 spiro atoms. The third-order valence-corrected chi connectivity index (χ3v) is 3.31. The van der Waals surface area contributed by atoms with Gasteiger partial charge in [0.05, 0.1) is 13.1 Å². The van der Waals surface area contributed by atoms with E-state index in [-0.39, 0.29) is 6.04 Å². The predicted octanol–water partition coefficient (Wildman–Crippen LogP) is 1.11. The molecule has 0 radical (unpaired) electrons. The minimum absolute atomic E-state index is 0.0381. The minimum atomic E-state index is -0.0381. The second-order valence-corrected chi connectivity index (χ2v) is 4.73. The van der Waals surface area contributed by atoms with E-state index in [1.807, 2.05) is 12.1 Å². The van der Waals surface area contributed by atoms with Crippen molar-refractivity contribution in [2.24, 2.45) is 12.9 Å². The van der Waals surface area contributed by atoms with Crippen LogP contribution in [0.4, 0.5) is 0 Å². The smallest absolute Gasteiger partial charge is 0.176 e. The molecule has 0 fully saturated rings. The molecular formula is C14H16N6. The number of nitrogens with one attached hydrogen (secondary N) is 1. The van der Waals surface area contributed by atoms with Gasteiger partial charge in [0.2, 0.25) is 0 Å². The minimum Gasteiger partial charge on any atom is -0.271 e. The Balaban J connectivity index is 1.90. The molecule has 0 aliphatic heterocycles. The molecule has 1 aromatic heterocycles. The molecule has 0 saturated heterocycles. The first-order chi connectivity index (χ1) is 9.76. The number of nitrogens with zero attached hydrogens (tertiary/aromatic N) is 4. The summed E-state index contributed by atoms with van der Waals surface area (Å²) >= 11 is 0. The van der Waals surface area contributed by atoms with Crippen LogP contribution < -0.4 is 11.3 Å². The quantitative estimate of drug-likeness (QED) is 0.547. The molecule has 1 unspecified atom stereocenters. The maximum atomic E-state index is 5.67. The van der Waals surface area contributed by atoms with E-state index in [1.165, 1.54) is 15.6 Å². The summed E-state index contributed by atoms with van der Waals surface area (Å²) in [4.78, 5) is 1.45. The van der Waals surface area contributed by atoms with Gasteiger partial charge in [0.25, 0.3) is 0 Å². The lowest BCUT2D eigenvalue weighted by atomic mass is 10.00. The molecule has 6 nitrogen and oxygen atoms in total. The molecule has 20 heavy (non-hydrogen) atoms. The van der Waals surface area contributed by atoms with Crippen LogP contribution in [0, 0.1) is 0 Å². The summed E-state index contributed by atoms with van der Waals surface area (Å²) in [5.74, 6) is 6.34. The van der Waals surface area contributed by atoms with Crippen molar-refractivity contribution in [1.82, 2.24) is 25.6 Å². The Hall–Kier alpha value is -2.31. The molecular weight excluding hydrogens is 252 g/mol. The fraction of sp³-hybridized carbons (Fsp3) is 0.214. The topological polar surface area (TPSA) is 81.7 Å². The van der Waals surface area contributed by atoms with Crippen LogP contribution in [0.5, 0.6) is 0 Å². The van der Waals surface area contributed by atoms with Gasteiger partial charge in [0.15, 0.2) is 5.82 Å². The molecule has 3 N–H and O–H groups in total. The van der Waals surface area contributed by atoms with Crippen LogP contribution in [-0.2, 0) is 13.5 Å².